The minimum absolute atomic E-state index is 0.0935. The van der Waals surface area contributed by atoms with E-state index in [1.165, 1.54) is 12.1 Å². The molecular weight excluding hydrogens is 254 g/mol. The summed E-state index contributed by atoms with van der Waals surface area (Å²) in [5.74, 6) is 0. The van der Waals surface area contributed by atoms with Crippen LogP contribution in [0.1, 0.15) is 18.4 Å². The number of benzene rings is 1. The molecule has 2 N–H and O–H groups in total. The fraction of sp³-hybridized carbons (Fsp3) is 0.500. The van der Waals surface area contributed by atoms with Gasteiger partial charge in [-0.05, 0) is 19.1 Å². The number of aryl methyl sites for hydroxylation is 1. The first-order valence-electron chi connectivity index (χ1n) is 5.95. The lowest BCUT2D eigenvalue weighted by Crippen LogP contribution is -2.54. The van der Waals surface area contributed by atoms with Crippen LogP contribution < -0.4 is 0 Å². The van der Waals surface area contributed by atoms with Crippen molar-refractivity contribution in [2.75, 3.05) is 13.2 Å². The summed E-state index contributed by atoms with van der Waals surface area (Å²) in [4.78, 5) is 0.0935. The first-order chi connectivity index (χ1) is 8.41. The van der Waals surface area contributed by atoms with Crippen molar-refractivity contribution < 1.29 is 22.8 Å². The largest absolute Gasteiger partial charge is 0.390 e. The highest BCUT2D eigenvalue weighted by molar-refractivity contribution is 7.85. The zero-order valence-corrected chi connectivity index (χ0v) is 11.1. The van der Waals surface area contributed by atoms with Crippen LogP contribution in [0.25, 0.3) is 0 Å². The lowest BCUT2D eigenvalue weighted by atomic mass is 10.2. The Hall–Kier alpha value is -0.950. The standard InChI is InChI=1S/C12H18NO4S/c1-10-4-6-12(7-5-10)18(16,17)13(15)8-2-3-11(13)9-14/h4-7,11,14-15H,2-3,8-9H2,1H3/q+1/t11-,13?/m0/s1. The number of quaternary nitrogens is 1. The molecule has 1 unspecified atom stereocenters. The Morgan fingerprint density at radius 3 is 2.50 bits per heavy atom. The second kappa shape index (κ2) is 4.62. The highest BCUT2D eigenvalue weighted by atomic mass is 32.2. The highest BCUT2D eigenvalue weighted by Crippen LogP contribution is 2.32. The zero-order chi connectivity index (χ0) is 13.4. The molecule has 1 aromatic rings. The summed E-state index contributed by atoms with van der Waals surface area (Å²) in [6, 6.07) is 5.73. The van der Waals surface area contributed by atoms with Crippen LogP contribution in [-0.4, -0.2) is 42.0 Å². The summed E-state index contributed by atoms with van der Waals surface area (Å²) in [6.45, 7) is 1.66. The maximum atomic E-state index is 12.4. The van der Waals surface area contributed by atoms with Crippen LogP contribution >= 0.6 is 0 Å². The van der Waals surface area contributed by atoms with Gasteiger partial charge in [-0.3, -0.25) is 0 Å². The van der Waals surface area contributed by atoms with Crippen LogP contribution in [0.3, 0.4) is 0 Å². The molecule has 0 aromatic heterocycles. The Balaban J connectivity index is 2.45. The van der Waals surface area contributed by atoms with E-state index in [4.69, 9.17) is 0 Å². The van der Waals surface area contributed by atoms with Crippen molar-refractivity contribution in [1.82, 2.24) is 0 Å². The van der Waals surface area contributed by atoms with Crippen LogP contribution in [0.5, 0.6) is 0 Å². The van der Waals surface area contributed by atoms with Gasteiger partial charge in [0.15, 0.2) is 6.04 Å². The molecule has 6 heteroatoms. The molecule has 100 valence electrons. The summed E-state index contributed by atoms with van der Waals surface area (Å²) in [5, 5.41) is 19.6. The average molecular weight is 272 g/mol. The van der Waals surface area contributed by atoms with Crippen LogP contribution in [0.15, 0.2) is 29.2 Å². The third-order valence-electron chi connectivity index (χ3n) is 3.53. The summed E-state index contributed by atoms with van der Waals surface area (Å²) in [5.41, 5.74) is 0.957. The SMILES string of the molecule is Cc1ccc(S(=O)(=O)[N+]2(O)CCC[C@H]2CO)cc1. The van der Waals surface area contributed by atoms with E-state index in [1.54, 1.807) is 12.1 Å². The van der Waals surface area contributed by atoms with Crippen LogP contribution in [0, 0.1) is 6.92 Å². The Labute approximate surface area is 107 Å². The van der Waals surface area contributed by atoms with Crippen LogP contribution in [-0.2, 0) is 10.0 Å². The first kappa shape index (κ1) is 13.5. The van der Waals surface area contributed by atoms with Gasteiger partial charge in [-0.1, -0.05) is 21.7 Å². The molecule has 0 bridgehead atoms. The van der Waals surface area contributed by atoms with Crippen molar-refractivity contribution in [2.24, 2.45) is 0 Å². The quantitative estimate of drug-likeness (QED) is 0.806. The molecule has 1 aliphatic rings. The predicted octanol–water partition coefficient (Wildman–Crippen LogP) is 1.04. The molecule has 1 fully saturated rings. The van der Waals surface area contributed by atoms with E-state index < -0.39 is 20.1 Å². The molecule has 0 spiro atoms. The molecule has 1 aliphatic heterocycles. The lowest BCUT2D eigenvalue weighted by molar-refractivity contribution is -1.01. The van der Waals surface area contributed by atoms with Crippen molar-refractivity contribution in [3.8, 4) is 0 Å². The van der Waals surface area contributed by atoms with E-state index >= 15 is 0 Å². The van der Waals surface area contributed by atoms with Gasteiger partial charge in [0.25, 0.3) is 0 Å². The van der Waals surface area contributed by atoms with E-state index in [-0.39, 0.29) is 18.0 Å². The highest BCUT2D eigenvalue weighted by Gasteiger charge is 2.52. The molecule has 0 radical (unpaired) electrons. The van der Waals surface area contributed by atoms with E-state index in [0.29, 0.717) is 12.8 Å². The average Bonchev–Trinajstić information content (AvgIpc) is 2.73. The third kappa shape index (κ3) is 1.95. The Morgan fingerprint density at radius 1 is 1.33 bits per heavy atom. The van der Waals surface area contributed by atoms with Gasteiger partial charge >= 0.3 is 10.0 Å². The monoisotopic (exact) mass is 272 g/mol. The summed E-state index contributed by atoms with van der Waals surface area (Å²) in [7, 11) is -3.88. The maximum Gasteiger partial charge on any atom is 0.357 e. The topological polar surface area (TPSA) is 74.6 Å². The van der Waals surface area contributed by atoms with Crippen LogP contribution in [0.2, 0.25) is 0 Å². The minimum atomic E-state index is -3.88. The third-order valence-corrected chi connectivity index (χ3v) is 5.71. The van der Waals surface area contributed by atoms with Gasteiger partial charge in [-0.15, -0.1) is 0 Å². The number of rotatable bonds is 3. The molecule has 1 heterocycles. The second-order valence-corrected chi connectivity index (χ2v) is 6.80. The Bertz CT molecular complexity index is 526. The number of hydrogen-bond acceptors (Lipinski definition) is 4. The first-order valence-corrected chi connectivity index (χ1v) is 7.39. The molecule has 1 aromatic carbocycles. The van der Waals surface area contributed by atoms with E-state index in [0.717, 1.165) is 5.56 Å². The maximum absolute atomic E-state index is 12.4. The number of hydrogen-bond donors (Lipinski definition) is 2. The molecule has 0 saturated carbocycles. The van der Waals surface area contributed by atoms with E-state index in [1.807, 2.05) is 6.92 Å². The van der Waals surface area contributed by atoms with Crippen LogP contribution in [0.4, 0.5) is 0 Å². The number of hydroxylamine groups is 2. The van der Waals surface area contributed by atoms with Gasteiger partial charge in [0, 0.05) is 12.8 Å². The lowest BCUT2D eigenvalue weighted by Gasteiger charge is -2.29. The summed E-state index contributed by atoms with van der Waals surface area (Å²) in [6.07, 6.45) is 1.10. The van der Waals surface area contributed by atoms with Gasteiger partial charge in [0.05, 0.1) is 6.61 Å². The Kier molecular flexibility index (Phi) is 3.46. The normalized spacial score (nSPS) is 28.5. The van der Waals surface area contributed by atoms with E-state index in [2.05, 4.69) is 0 Å². The van der Waals surface area contributed by atoms with Crippen molar-refractivity contribution in [2.45, 2.75) is 30.7 Å². The zero-order valence-electron chi connectivity index (χ0n) is 10.3. The smallest absolute Gasteiger partial charge is 0.357 e. The van der Waals surface area contributed by atoms with Crippen molar-refractivity contribution in [3.05, 3.63) is 29.8 Å². The molecule has 5 nitrogen and oxygen atoms in total. The van der Waals surface area contributed by atoms with Gasteiger partial charge < -0.3 is 5.11 Å². The molecular formula is C12H18NO4S+. The second-order valence-electron chi connectivity index (χ2n) is 4.75. The molecule has 2 rings (SSSR count). The molecule has 2 atom stereocenters. The minimum Gasteiger partial charge on any atom is -0.390 e. The van der Waals surface area contributed by atoms with E-state index in [9.17, 15) is 18.7 Å². The number of sulfonamides is 1. The van der Waals surface area contributed by atoms with Gasteiger partial charge in [0.1, 0.15) is 11.4 Å². The fourth-order valence-corrected chi connectivity index (χ4v) is 4.14. The van der Waals surface area contributed by atoms with Crippen molar-refractivity contribution in [1.29, 1.82) is 0 Å². The molecule has 18 heavy (non-hydrogen) atoms. The molecule has 0 aliphatic carbocycles. The van der Waals surface area contributed by atoms with Gasteiger partial charge in [0.2, 0.25) is 0 Å². The van der Waals surface area contributed by atoms with Crippen molar-refractivity contribution in [3.63, 3.8) is 0 Å². The van der Waals surface area contributed by atoms with Gasteiger partial charge in [-0.2, -0.15) is 8.42 Å². The molecule has 1 saturated heterocycles. The molecule has 0 amide bonds. The summed E-state index contributed by atoms with van der Waals surface area (Å²) >= 11 is 0. The fourth-order valence-electron chi connectivity index (χ4n) is 2.37. The van der Waals surface area contributed by atoms with Crippen molar-refractivity contribution >= 4 is 10.0 Å². The predicted molar refractivity (Wildman–Crippen MR) is 65.4 cm³/mol. The summed E-state index contributed by atoms with van der Waals surface area (Å²) < 4.78 is 23.8. The van der Waals surface area contributed by atoms with Gasteiger partial charge in [-0.25, -0.2) is 5.21 Å². The Morgan fingerprint density at radius 2 is 1.94 bits per heavy atom. The number of nitrogens with zero attached hydrogens (tertiary/aromatic N) is 1. The number of aliphatic hydroxyl groups is 1. The number of aliphatic hydroxyl groups excluding tert-OH is 1.